The maximum absolute atomic E-state index is 6.49. The Kier molecular flexibility index (Phi) is 4.95. The molecule has 0 N–H and O–H groups in total. The van der Waals surface area contributed by atoms with E-state index in [1.165, 1.54) is 43.5 Å². The van der Waals surface area contributed by atoms with Crippen molar-refractivity contribution >= 4 is 11.6 Å². The molecule has 0 radical (unpaired) electrons. The Labute approximate surface area is 191 Å². The number of hydrogen-bond acceptors (Lipinski definition) is 3. The summed E-state index contributed by atoms with van der Waals surface area (Å²) in [6.07, 6.45) is 4.45. The van der Waals surface area contributed by atoms with E-state index in [0.29, 0.717) is 24.2 Å². The Morgan fingerprint density at radius 1 is 0.968 bits per heavy atom. The smallest absolute Gasteiger partial charge is 0.0678 e. The maximum Gasteiger partial charge on any atom is 0.0678 e. The van der Waals surface area contributed by atoms with Crippen molar-refractivity contribution < 1.29 is 4.74 Å². The maximum atomic E-state index is 6.49. The number of morpholine rings is 1. The Hall–Kier alpha value is -1.39. The van der Waals surface area contributed by atoms with Gasteiger partial charge in [0.1, 0.15) is 0 Å². The molecule has 0 saturated carbocycles. The third-order valence-corrected chi connectivity index (χ3v) is 8.56. The summed E-state index contributed by atoms with van der Waals surface area (Å²) in [6, 6.07) is 16.5. The van der Waals surface area contributed by atoms with E-state index in [9.17, 15) is 0 Å². The molecule has 2 saturated heterocycles. The summed E-state index contributed by atoms with van der Waals surface area (Å²) < 4.78 is 5.96. The highest BCUT2D eigenvalue weighted by molar-refractivity contribution is 6.30. The summed E-state index contributed by atoms with van der Waals surface area (Å²) in [5.74, 6) is 0.539. The molecule has 4 atom stereocenters. The van der Waals surface area contributed by atoms with Gasteiger partial charge < -0.3 is 9.64 Å². The highest BCUT2D eigenvalue weighted by Gasteiger charge is 2.53. The van der Waals surface area contributed by atoms with Gasteiger partial charge in [0.05, 0.1) is 12.2 Å². The van der Waals surface area contributed by atoms with E-state index in [1.54, 1.807) is 11.1 Å². The number of hydrogen-bond donors (Lipinski definition) is 0. The number of likely N-dealkylation sites (tertiary alicyclic amines) is 1. The number of rotatable bonds is 3. The molecule has 2 fully saturated rings. The van der Waals surface area contributed by atoms with Crippen LogP contribution in [0.4, 0.5) is 0 Å². The molecule has 0 aromatic heterocycles. The van der Waals surface area contributed by atoms with Gasteiger partial charge in [0.15, 0.2) is 0 Å². The first-order chi connectivity index (χ1) is 15.0. The molecule has 4 heteroatoms. The van der Waals surface area contributed by atoms with Gasteiger partial charge in [0, 0.05) is 42.0 Å². The topological polar surface area (TPSA) is 15.7 Å². The second-order valence-corrected chi connectivity index (χ2v) is 10.8. The lowest BCUT2D eigenvalue weighted by atomic mass is 9.74. The van der Waals surface area contributed by atoms with Gasteiger partial charge in [-0.05, 0) is 80.6 Å². The molecule has 2 aliphatic carbocycles. The van der Waals surface area contributed by atoms with Crippen LogP contribution < -0.4 is 0 Å². The minimum atomic E-state index is 0.107. The van der Waals surface area contributed by atoms with Gasteiger partial charge in [0.25, 0.3) is 0 Å². The fraction of sp³-hybridized carbons (Fsp3) is 0.556. The minimum absolute atomic E-state index is 0.107. The van der Waals surface area contributed by atoms with E-state index < -0.39 is 0 Å². The van der Waals surface area contributed by atoms with Crippen LogP contribution >= 0.6 is 11.6 Å². The Bertz CT molecular complexity index is 975. The van der Waals surface area contributed by atoms with Gasteiger partial charge >= 0.3 is 0 Å². The standard InChI is InChI=1S/C27H33ClN2O/c1-18-15-30(16-19(2)31-18)21-9-11-29(12-10-21)17-27-14-24(22-5-3-4-6-25(22)27)23-8-7-20(28)13-26(23)27/h3-8,13,18-19,21,24H,9-12,14-17H2,1-2H3/t18-,19-,24?,27?/m0/s1. The Balaban J connectivity index is 1.23. The fourth-order valence-corrected chi connectivity index (χ4v) is 7.33. The first-order valence-corrected chi connectivity index (χ1v) is 12.4. The van der Waals surface area contributed by atoms with Crippen LogP contribution in [0.25, 0.3) is 0 Å². The molecule has 2 aromatic carbocycles. The fourth-order valence-electron chi connectivity index (χ4n) is 7.16. The number of piperidine rings is 1. The van der Waals surface area contributed by atoms with Crippen molar-refractivity contribution in [3.8, 4) is 0 Å². The van der Waals surface area contributed by atoms with Crippen LogP contribution in [-0.4, -0.2) is 60.8 Å². The van der Waals surface area contributed by atoms with Crippen molar-refractivity contribution in [2.24, 2.45) is 0 Å². The second-order valence-electron chi connectivity index (χ2n) is 10.4. The lowest BCUT2D eigenvalue weighted by molar-refractivity contribution is -0.0866. The summed E-state index contributed by atoms with van der Waals surface area (Å²) in [7, 11) is 0. The van der Waals surface area contributed by atoms with E-state index >= 15 is 0 Å². The van der Waals surface area contributed by atoms with Crippen LogP contribution in [0.3, 0.4) is 0 Å². The molecule has 2 aromatic rings. The lowest BCUT2D eigenvalue weighted by Crippen LogP contribution is -2.54. The van der Waals surface area contributed by atoms with E-state index in [2.05, 4.69) is 66.1 Å². The molecule has 0 spiro atoms. The van der Waals surface area contributed by atoms with Crippen LogP contribution in [0.1, 0.15) is 61.3 Å². The van der Waals surface area contributed by atoms with Gasteiger partial charge in [-0.1, -0.05) is 41.9 Å². The molecular weight excluding hydrogens is 404 g/mol. The number of nitrogens with zero attached hydrogens (tertiary/aromatic N) is 2. The zero-order valence-corrected chi connectivity index (χ0v) is 19.4. The summed E-state index contributed by atoms with van der Waals surface area (Å²) in [6.45, 7) is 10.1. The van der Waals surface area contributed by atoms with Gasteiger partial charge in [0.2, 0.25) is 0 Å². The van der Waals surface area contributed by atoms with E-state index in [1.807, 2.05) is 0 Å². The lowest BCUT2D eigenvalue weighted by Gasteiger charge is -2.45. The van der Waals surface area contributed by atoms with Gasteiger partial charge in [-0.15, -0.1) is 0 Å². The molecule has 3 nitrogen and oxygen atoms in total. The summed E-state index contributed by atoms with van der Waals surface area (Å²) in [5.41, 5.74) is 6.20. The largest absolute Gasteiger partial charge is 0.373 e. The molecule has 2 aliphatic heterocycles. The Morgan fingerprint density at radius 2 is 1.68 bits per heavy atom. The number of ether oxygens (including phenoxy) is 1. The SMILES string of the molecule is C[C@H]1CN(C2CCN(CC34CC(c5ccccc53)c3ccc(Cl)cc34)CC2)C[C@H](C)O1. The normalized spacial score (nSPS) is 33.5. The minimum Gasteiger partial charge on any atom is -0.373 e. The van der Waals surface area contributed by atoms with Gasteiger partial charge in [-0.2, -0.15) is 0 Å². The first-order valence-electron chi connectivity index (χ1n) is 12.0. The molecular formula is C27H33ClN2O. The van der Waals surface area contributed by atoms with Crippen LogP contribution in [0.5, 0.6) is 0 Å². The molecule has 6 rings (SSSR count). The van der Waals surface area contributed by atoms with Crippen LogP contribution in [0.2, 0.25) is 5.02 Å². The molecule has 2 unspecified atom stereocenters. The van der Waals surface area contributed by atoms with Crippen molar-refractivity contribution in [3.63, 3.8) is 0 Å². The van der Waals surface area contributed by atoms with E-state index in [0.717, 1.165) is 24.7 Å². The predicted molar refractivity (Wildman–Crippen MR) is 126 cm³/mol. The molecule has 2 heterocycles. The number of benzene rings is 2. The number of fused-ring (bicyclic) bond motifs is 8. The molecule has 0 amide bonds. The van der Waals surface area contributed by atoms with E-state index in [4.69, 9.17) is 16.3 Å². The monoisotopic (exact) mass is 436 g/mol. The molecule has 31 heavy (non-hydrogen) atoms. The van der Waals surface area contributed by atoms with Crippen molar-refractivity contribution in [2.45, 2.75) is 62.7 Å². The number of halogens is 1. The van der Waals surface area contributed by atoms with E-state index in [-0.39, 0.29) is 5.41 Å². The first kappa shape index (κ1) is 20.2. The zero-order valence-electron chi connectivity index (χ0n) is 18.7. The van der Waals surface area contributed by atoms with Crippen LogP contribution in [0, 0.1) is 0 Å². The van der Waals surface area contributed by atoms with Crippen LogP contribution in [-0.2, 0) is 10.2 Å². The zero-order chi connectivity index (χ0) is 21.2. The van der Waals surface area contributed by atoms with Crippen molar-refractivity contribution in [1.29, 1.82) is 0 Å². The Morgan fingerprint density at radius 3 is 2.45 bits per heavy atom. The average Bonchev–Trinajstić information content (AvgIpc) is 3.25. The molecule has 4 aliphatic rings. The third-order valence-electron chi connectivity index (χ3n) is 8.33. The summed E-state index contributed by atoms with van der Waals surface area (Å²) >= 11 is 6.49. The summed E-state index contributed by atoms with van der Waals surface area (Å²) in [4.78, 5) is 5.43. The van der Waals surface area contributed by atoms with Crippen molar-refractivity contribution in [3.05, 3.63) is 69.7 Å². The average molecular weight is 437 g/mol. The predicted octanol–water partition coefficient (Wildman–Crippen LogP) is 5.05. The second kappa shape index (κ2) is 7.59. The molecule has 164 valence electrons. The van der Waals surface area contributed by atoms with Gasteiger partial charge in [-0.25, -0.2) is 0 Å². The van der Waals surface area contributed by atoms with Crippen molar-refractivity contribution in [1.82, 2.24) is 9.80 Å². The van der Waals surface area contributed by atoms with Crippen LogP contribution in [0.15, 0.2) is 42.5 Å². The van der Waals surface area contributed by atoms with Gasteiger partial charge in [-0.3, -0.25) is 4.90 Å². The quantitative estimate of drug-likeness (QED) is 0.669. The third kappa shape index (κ3) is 3.28. The highest BCUT2D eigenvalue weighted by Crippen LogP contribution is 2.60. The highest BCUT2D eigenvalue weighted by atomic mass is 35.5. The molecule has 2 bridgehead atoms. The van der Waals surface area contributed by atoms with Crippen molar-refractivity contribution in [2.75, 3.05) is 32.7 Å². The summed E-state index contributed by atoms with van der Waals surface area (Å²) in [5, 5.41) is 0.873.